The Morgan fingerprint density at radius 1 is 0.800 bits per heavy atom. The summed E-state index contributed by atoms with van der Waals surface area (Å²) in [5.41, 5.74) is 9.06. The molecule has 3 aromatic carbocycles. The van der Waals surface area contributed by atoms with Crippen molar-refractivity contribution in [3.63, 3.8) is 0 Å². The van der Waals surface area contributed by atoms with Gasteiger partial charge in [-0.3, -0.25) is 4.98 Å². The molecule has 3 heterocycles. The maximum absolute atomic E-state index is 6.17. The molecular formula is C34H32N4OS. The van der Waals surface area contributed by atoms with E-state index in [9.17, 15) is 0 Å². The van der Waals surface area contributed by atoms with Gasteiger partial charge >= 0.3 is 0 Å². The number of aryl methyl sites for hydroxylation is 3. The average molecular weight is 545 g/mol. The van der Waals surface area contributed by atoms with E-state index in [-0.39, 0.29) is 12.1 Å². The summed E-state index contributed by atoms with van der Waals surface area (Å²) in [5.74, 6) is 1.64. The fourth-order valence-electron chi connectivity index (χ4n) is 5.69. The van der Waals surface area contributed by atoms with Crippen molar-refractivity contribution >= 4 is 23.0 Å². The van der Waals surface area contributed by atoms with Crippen molar-refractivity contribution in [3.8, 4) is 17.2 Å². The monoisotopic (exact) mass is 544 g/mol. The molecule has 0 bridgehead atoms. The molecule has 1 aliphatic heterocycles. The molecule has 0 saturated carbocycles. The number of anilines is 1. The van der Waals surface area contributed by atoms with Crippen LogP contribution in [0.1, 0.15) is 45.9 Å². The third kappa shape index (κ3) is 4.65. The Morgan fingerprint density at radius 2 is 1.50 bits per heavy atom. The lowest BCUT2D eigenvalue weighted by Crippen LogP contribution is -2.29. The maximum Gasteiger partial charge on any atom is 0.174 e. The molecule has 5 aromatic rings. The molecule has 1 saturated heterocycles. The fourth-order valence-corrected chi connectivity index (χ4v) is 6.04. The number of rotatable bonds is 6. The summed E-state index contributed by atoms with van der Waals surface area (Å²) in [4.78, 5) is 6.94. The van der Waals surface area contributed by atoms with Crippen LogP contribution >= 0.6 is 12.2 Å². The van der Waals surface area contributed by atoms with Gasteiger partial charge in [0, 0.05) is 29.0 Å². The summed E-state index contributed by atoms with van der Waals surface area (Å²) in [6.07, 6.45) is 1.84. The predicted molar refractivity (Wildman–Crippen MR) is 166 cm³/mol. The molecule has 6 rings (SSSR count). The number of nitrogens with zero attached hydrogens (tertiary/aromatic N) is 3. The Bertz CT molecular complexity index is 1680. The fraction of sp³-hybridized carbons (Fsp3) is 0.176. The van der Waals surface area contributed by atoms with E-state index >= 15 is 0 Å². The van der Waals surface area contributed by atoms with Gasteiger partial charge in [-0.1, -0.05) is 42.5 Å². The lowest BCUT2D eigenvalue weighted by atomic mass is 9.96. The van der Waals surface area contributed by atoms with Crippen molar-refractivity contribution in [2.45, 2.75) is 39.8 Å². The molecule has 6 heteroatoms. The first-order valence-electron chi connectivity index (χ1n) is 13.5. The first-order valence-corrected chi connectivity index (χ1v) is 13.9. The number of nitrogens with one attached hydrogen (secondary N) is 1. The number of para-hydroxylation sites is 2. The number of hydrogen-bond acceptors (Lipinski definition) is 3. The molecule has 1 N–H and O–H groups in total. The molecule has 2 atom stereocenters. The van der Waals surface area contributed by atoms with Crippen molar-refractivity contribution in [2.75, 3.05) is 4.90 Å². The van der Waals surface area contributed by atoms with E-state index in [0.717, 1.165) is 28.4 Å². The largest absolute Gasteiger partial charge is 0.457 e. The molecule has 40 heavy (non-hydrogen) atoms. The van der Waals surface area contributed by atoms with Crippen LogP contribution < -0.4 is 15.0 Å². The number of benzene rings is 3. The van der Waals surface area contributed by atoms with Crippen LogP contribution in [0.15, 0.2) is 103 Å². The average Bonchev–Trinajstić information content (AvgIpc) is 3.46. The molecule has 5 nitrogen and oxygen atoms in total. The van der Waals surface area contributed by atoms with E-state index in [2.05, 4.69) is 84.1 Å². The van der Waals surface area contributed by atoms with Gasteiger partial charge in [0.25, 0.3) is 0 Å². The third-order valence-electron chi connectivity index (χ3n) is 7.68. The molecule has 1 aliphatic rings. The molecule has 0 radical (unpaired) electrons. The molecular weight excluding hydrogens is 512 g/mol. The van der Waals surface area contributed by atoms with Gasteiger partial charge < -0.3 is 19.5 Å². The van der Waals surface area contributed by atoms with Gasteiger partial charge in [-0.05, 0) is 111 Å². The number of hydrogen-bond donors (Lipinski definition) is 1. The normalized spacial score (nSPS) is 16.7. The van der Waals surface area contributed by atoms with E-state index in [1.54, 1.807) is 0 Å². The second-order valence-corrected chi connectivity index (χ2v) is 10.7. The smallest absolute Gasteiger partial charge is 0.174 e. The topological polar surface area (TPSA) is 42.3 Å². The number of pyridine rings is 1. The van der Waals surface area contributed by atoms with E-state index in [1.807, 2.05) is 61.7 Å². The molecule has 0 aliphatic carbocycles. The first kappa shape index (κ1) is 25.8. The Morgan fingerprint density at radius 3 is 2.20 bits per heavy atom. The second kappa shape index (κ2) is 10.6. The first-order chi connectivity index (χ1) is 19.4. The zero-order valence-electron chi connectivity index (χ0n) is 23.1. The summed E-state index contributed by atoms with van der Waals surface area (Å²) in [6, 6.07) is 32.9. The minimum atomic E-state index is -0.109. The highest BCUT2D eigenvalue weighted by Gasteiger charge is 2.42. The summed E-state index contributed by atoms with van der Waals surface area (Å²) in [5, 5.41) is 4.27. The summed E-state index contributed by atoms with van der Waals surface area (Å²) in [7, 11) is 0. The summed E-state index contributed by atoms with van der Waals surface area (Å²) < 4.78 is 8.52. The molecule has 1 fully saturated rings. The highest BCUT2D eigenvalue weighted by molar-refractivity contribution is 7.80. The quantitative estimate of drug-likeness (QED) is 0.219. The Hall–Kier alpha value is -4.42. The lowest BCUT2D eigenvalue weighted by molar-refractivity contribution is 0.479. The van der Waals surface area contributed by atoms with Crippen LogP contribution in [-0.2, 0) is 0 Å². The van der Waals surface area contributed by atoms with Gasteiger partial charge in [-0.15, -0.1) is 0 Å². The van der Waals surface area contributed by atoms with E-state index in [1.165, 1.54) is 28.2 Å². The van der Waals surface area contributed by atoms with Gasteiger partial charge in [0.2, 0.25) is 0 Å². The van der Waals surface area contributed by atoms with Crippen LogP contribution in [0, 0.1) is 27.7 Å². The molecule has 200 valence electrons. The zero-order chi connectivity index (χ0) is 27.8. The number of thiocarbonyl (C=S) groups is 1. The predicted octanol–water partition coefficient (Wildman–Crippen LogP) is 8.08. The number of aromatic nitrogens is 2. The van der Waals surface area contributed by atoms with Gasteiger partial charge in [0.05, 0.1) is 17.8 Å². The van der Waals surface area contributed by atoms with Crippen LogP contribution in [-0.4, -0.2) is 14.7 Å². The summed E-state index contributed by atoms with van der Waals surface area (Å²) >= 11 is 5.98. The lowest BCUT2D eigenvalue weighted by Gasteiger charge is -2.28. The maximum atomic E-state index is 6.17. The molecule has 0 amide bonds. The Kier molecular flexibility index (Phi) is 6.86. The third-order valence-corrected chi connectivity index (χ3v) is 7.99. The van der Waals surface area contributed by atoms with E-state index < -0.39 is 0 Å². The molecule has 0 spiro atoms. The summed E-state index contributed by atoms with van der Waals surface area (Å²) in [6.45, 7) is 8.57. The minimum Gasteiger partial charge on any atom is -0.457 e. The SMILES string of the molecule is Cc1ccccc1Oc1ccc(N2C(=S)N[C@@H](c3ccccn3)[C@@H]2c2cc(C)n(-c3ccccc3C)c2C)cc1. The van der Waals surface area contributed by atoms with Crippen LogP contribution in [0.25, 0.3) is 5.69 Å². The van der Waals surface area contributed by atoms with Crippen LogP contribution in [0.2, 0.25) is 0 Å². The van der Waals surface area contributed by atoms with E-state index in [0.29, 0.717) is 5.11 Å². The van der Waals surface area contributed by atoms with Crippen molar-refractivity contribution in [2.24, 2.45) is 0 Å². The van der Waals surface area contributed by atoms with Crippen molar-refractivity contribution in [1.29, 1.82) is 0 Å². The molecule has 2 aromatic heterocycles. The van der Waals surface area contributed by atoms with Crippen molar-refractivity contribution in [1.82, 2.24) is 14.9 Å². The standard InChI is InChI=1S/C34H32N4OS/c1-22-11-5-7-14-30(22)37-24(3)21-28(25(37)4)33-32(29-13-9-10-20-35-29)36-34(40)38(33)26-16-18-27(19-17-26)39-31-15-8-6-12-23(31)2/h5-21,32-33H,1-4H3,(H,36,40)/t32-,33-/m0/s1. The van der Waals surface area contributed by atoms with Gasteiger partial charge in [0.1, 0.15) is 11.5 Å². The van der Waals surface area contributed by atoms with Crippen LogP contribution in [0.4, 0.5) is 5.69 Å². The van der Waals surface area contributed by atoms with Gasteiger partial charge in [0.15, 0.2) is 5.11 Å². The van der Waals surface area contributed by atoms with Crippen molar-refractivity contribution in [3.05, 3.63) is 137 Å². The zero-order valence-corrected chi connectivity index (χ0v) is 23.9. The Labute approximate surface area is 241 Å². The van der Waals surface area contributed by atoms with Crippen molar-refractivity contribution < 1.29 is 4.74 Å². The minimum absolute atomic E-state index is 0.0884. The van der Waals surface area contributed by atoms with Crippen LogP contribution in [0.5, 0.6) is 11.5 Å². The van der Waals surface area contributed by atoms with E-state index in [4.69, 9.17) is 21.9 Å². The highest BCUT2D eigenvalue weighted by Crippen LogP contribution is 2.44. The van der Waals surface area contributed by atoms with Gasteiger partial charge in [-0.25, -0.2) is 0 Å². The molecule has 0 unspecified atom stereocenters. The highest BCUT2D eigenvalue weighted by atomic mass is 32.1. The second-order valence-electron chi connectivity index (χ2n) is 10.3. The Balaban J connectivity index is 1.42. The van der Waals surface area contributed by atoms with Crippen LogP contribution in [0.3, 0.4) is 0 Å². The van der Waals surface area contributed by atoms with Gasteiger partial charge in [-0.2, -0.15) is 0 Å². The number of ether oxygens (including phenoxy) is 1.